The molecular formula is C16H22N2O4. The van der Waals surface area contributed by atoms with Crippen molar-refractivity contribution in [1.29, 1.82) is 0 Å². The fraction of sp³-hybridized carbons (Fsp3) is 0.500. The van der Waals surface area contributed by atoms with Crippen molar-refractivity contribution < 1.29 is 19.1 Å². The van der Waals surface area contributed by atoms with E-state index in [2.05, 4.69) is 11.4 Å². The average Bonchev–Trinajstić information content (AvgIpc) is 2.53. The number of alkyl carbamates (subject to hydrolysis) is 1. The van der Waals surface area contributed by atoms with E-state index in [1.165, 1.54) is 5.56 Å². The highest BCUT2D eigenvalue weighted by Crippen LogP contribution is 2.29. The summed E-state index contributed by atoms with van der Waals surface area (Å²) in [5.41, 5.74) is 2.23. The first-order valence-corrected chi connectivity index (χ1v) is 7.59. The van der Waals surface area contributed by atoms with Crippen LogP contribution < -0.4 is 5.32 Å². The molecule has 0 saturated carbocycles. The van der Waals surface area contributed by atoms with Crippen LogP contribution in [-0.4, -0.2) is 43.4 Å². The molecule has 0 saturated heterocycles. The third-order valence-corrected chi connectivity index (χ3v) is 3.63. The van der Waals surface area contributed by atoms with Gasteiger partial charge in [-0.3, -0.25) is 4.90 Å². The molecule has 0 aromatic heterocycles. The Morgan fingerprint density at radius 1 is 1.23 bits per heavy atom. The Hall–Kier alpha value is -2.24. The fourth-order valence-corrected chi connectivity index (χ4v) is 2.66. The molecule has 120 valence electrons. The maximum Gasteiger partial charge on any atom is 0.410 e. The van der Waals surface area contributed by atoms with Gasteiger partial charge >= 0.3 is 12.2 Å². The van der Waals surface area contributed by atoms with Crippen molar-refractivity contribution in [3.05, 3.63) is 35.4 Å². The number of carbonyl (C=O) groups excluding carboxylic acids is 2. The van der Waals surface area contributed by atoms with Crippen LogP contribution in [0.5, 0.6) is 0 Å². The summed E-state index contributed by atoms with van der Waals surface area (Å²) in [5, 5.41) is 2.71. The highest BCUT2D eigenvalue weighted by Gasteiger charge is 2.31. The molecule has 6 nitrogen and oxygen atoms in total. The smallest absolute Gasteiger partial charge is 0.410 e. The van der Waals surface area contributed by atoms with Crippen molar-refractivity contribution >= 4 is 12.2 Å². The maximum absolute atomic E-state index is 12.1. The molecule has 0 bridgehead atoms. The van der Waals surface area contributed by atoms with Crippen molar-refractivity contribution in [2.75, 3.05) is 26.3 Å². The predicted octanol–water partition coefficient (Wildman–Crippen LogP) is 2.49. The van der Waals surface area contributed by atoms with E-state index in [1.807, 2.05) is 18.2 Å². The van der Waals surface area contributed by atoms with E-state index in [4.69, 9.17) is 9.47 Å². The maximum atomic E-state index is 12.1. The van der Waals surface area contributed by atoms with Gasteiger partial charge < -0.3 is 14.8 Å². The molecule has 0 radical (unpaired) electrons. The van der Waals surface area contributed by atoms with Crippen LogP contribution >= 0.6 is 0 Å². The van der Waals surface area contributed by atoms with Crippen LogP contribution in [0, 0.1) is 0 Å². The number of benzene rings is 1. The lowest BCUT2D eigenvalue weighted by molar-refractivity contribution is 0.0846. The Morgan fingerprint density at radius 2 is 1.95 bits per heavy atom. The van der Waals surface area contributed by atoms with E-state index < -0.39 is 6.09 Å². The van der Waals surface area contributed by atoms with Crippen molar-refractivity contribution in [1.82, 2.24) is 10.2 Å². The molecule has 1 aliphatic rings. The van der Waals surface area contributed by atoms with Gasteiger partial charge in [-0.25, -0.2) is 9.59 Å². The van der Waals surface area contributed by atoms with Gasteiger partial charge in [0.15, 0.2) is 0 Å². The lowest BCUT2D eigenvalue weighted by Crippen LogP contribution is -2.45. The number of carbonyl (C=O) groups is 2. The summed E-state index contributed by atoms with van der Waals surface area (Å²) in [6.07, 6.45) is -0.0488. The molecule has 2 amide bonds. The molecule has 0 spiro atoms. The molecule has 0 fully saturated rings. The lowest BCUT2D eigenvalue weighted by Gasteiger charge is -2.36. The fourth-order valence-electron chi connectivity index (χ4n) is 2.66. The zero-order chi connectivity index (χ0) is 15.9. The lowest BCUT2D eigenvalue weighted by atomic mass is 9.93. The summed E-state index contributed by atoms with van der Waals surface area (Å²) in [5.74, 6) is 0. The van der Waals surface area contributed by atoms with Gasteiger partial charge in [-0.2, -0.15) is 0 Å². The number of ether oxygens (including phenoxy) is 2. The van der Waals surface area contributed by atoms with Crippen molar-refractivity contribution in [2.45, 2.75) is 26.3 Å². The van der Waals surface area contributed by atoms with Crippen molar-refractivity contribution in [3.63, 3.8) is 0 Å². The van der Waals surface area contributed by atoms with Crippen LogP contribution in [0.4, 0.5) is 9.59 Å². The minimum absolute atomic E-state index is 0.242. The molecule has 1 atom stereocenters. The summed E-state index contributed by atoms with van der Waals surface area (Å²) in [4.78, 5) is 25.3. The Labute approximate surface area is 130 Å². The molecule has 0 aliphatic carbocycles. The summed E-state index contributed by atoms with van der Waals surface area (Å²) in [6.45, 7) is 5.05. The van der Waals surface area contributed by atoms with Gasteiger partial charge in [0.25, 0.3) is 0 Å². The SMILES string of the molecule is CCOC(=O)NC[C@H]1c2ccccc2CCN1C(=O)OCC. The first-order chi connectivity index (χ1) is 10.7. The van der Waals surface area contributed by atoms with Gasteiger partial charge in [0, 0.05) is 13.1 Å². The summed E-state index contributed by atoms with van der Waals surface area (Å²) < 4.78 is 10.0. The molecule has 22 heavy (non-hydrogen) atoms. The Balaban J connectivity index is 2.17. The monoisotopic (exact) mass is 306 g/mol. The van der Waals surface area contributed by atoms with Crippen LogP contribution in [0.1, 0.15) is 31.0 Å². The molecular weight excluding hydrogens is 284 g/mol. The summed E-state index contributed by atoms with van der Waals surface area (Å²) >= 11 is 0. The molecule has 0 unspecified atom stereocenters. The van der Waals surface area contributed by atoms with Gasteiger partial charge in [0.05, 0.1) is 19.3 Å². The number of nitrogens with one attached hydrogen (secondary N) is 1. The zero-order valence-corrected chi connectivity index (χ0v) is 13.0. The van der Waals surface area contributed by atoms with Crippen LogP contribution in [-0.2, 0) is 15.9 Å². The van der Waals surface area contributed by atoms with E-state index in [0.29, 0.717) is 26.3 Å². The highest BCUT2D eigenvalue weighted by molar-refractivity contribution is 5.70. The number of rotatable bonds is 4. The molecule has 6 heteroatoms. The van der Waals surface area contributed by atoms with Gasteiger partial charge in [-0.15, -0.1) is 0 Å². The standard InChI is InChI=1S/C16H22N2O4/c1-3-21-15(19)17-11-14-13-8-6-5-7-12(13)9-10-18(14)16(20)22-4-2/h5-8,14H,3-4,9-11H2,1-2H3,(H,17,19)/t14-/m0/s1. The molecule has 1 heterocycles. The van der Waals surface area contributed by atoms with Crippen molar-refractivity contribution in [3.8, 4) is 0 Å². The number of amides is 2. The van der Waals surface area contributed by atoms with Crippen LogP contribution in [0.15, 0.2) is 24.3 Å². The van der Waals surface area contributed by atoms with E-state index in [-0.39, 0.29) is 12.1 Å². The van der Waals surface area contributed by atoms with E-state index in [1.54, 1.807) is 18.7 Å². The van der Waals surface area contributed by atoms with Gasteiger partial charge in [-0.1, -0.05) is 24.3 Å². The third-order valence-electron chi connectivity index (χ3n) is 3.63. The minimum Gasteiger partial charge on any atom is -0.450 e. The second-order valence-corrected chi connectivity index (χ2v) is 4.96. The van der Waals surface area contributed by atoms with Crippen LogP contribution in [0.3, 0.4) is 0 Å². The third kappa shape index (κ3) is 3.69. The van der Waals surface area contributed by atoms with Crippen molar-refractivity contribution in [2.24, 2.45) is 0 Å². The highest BCUT2D eigenvalue weighted by atomic mass is 16.6. The average molecular weight is 306 g/mol. The van der Waals surface area contributed by atoms with Gasteiger partial charge in [0.1, 0.15) is 0 Å². The minimum atomic E-state index is -0.477. The molecule has 1 aliphatic heterocycles. The Kier molecular flexibility index (Phi) is 5.63. The molecule has 1 aromatic carbocycles. The first kappa shape index (κ1) is 16.1. The largest absolute Gasteiger partial charge is 0.450 e. The van der Waals surface area contributed by atoms with E-state index >= 15 is 0 Å². The normalized spacial score (nSPS) is 16.6. The molecule has 1 aromatic rings. The summed E-state index contributed by atoms with van der Waals surface area (Å²) in [6, 6.07) is 7.71. The van der Waals surface area contributed by atoms with E-state index in [9.17, 15) is 9.59 Å². The molecule has 1 N–H and O–H groups in total. The number of nitrogens with zero attached hydrogens (tertiary/aromatic N) is 1. The number of hydrogen-bond acceptors (Lipinski definition) is 4. The van der Waals surface area contributed by atoms with Crippen LogP contribution in [0.25, 0.3) is 0 Å². The van der Waals surface area contributed by atoms with Gasteiger partial charge in [-0.05, 0) is 31.4 Å². The second-order valence-electron chi connectivity index (χ2n) is 4.96. The van der Waals surface area contributed by atoms with Crippen LogP contribution in [0.2, 0.25) is 0 Å². The summed E-state index contributed by atoms with van der Waals surface area (Å²) in [7, 11) is 0. The van der Waals surface area contributed by atoms with E-state index in [0.717, 1.165) is 12.0 Å². The number of fused-ring (bicyclic) bond motifs is 1. The Morgan fingerprint density at radius 3 is 2.68 bits per heavy atom. The topological polar surface area (TPSA) is 67.9 Å². The Bertz CT molecular complexity index is 533. The predicted molar refractivity (Wildman–Crippen MR) is 81.6 cm³/mol. The number of hydrogen-bond donors (Lipinski definition) is 1. The van der Waals surface area contributed by atoms with Gasteiger partial charge in [0.2, 0.25) is 0 Å². The molecule has 2 rings (SSSR count). The second kappa shape index (κ2) is 7.68. The quantitative estimate of drug-likeness (QED) is 0.928. The zero-order valence-electron chi connectivity index (χ0n) is 13.0. The first-order valence-electron chi connectivity index (χ1n) is 7.59.